The maximum Gasteiger partial charge on any atom is 0.319 e. The minimum absolute atomic E-state index is 0.0356. The molecule has 0 radical (unpaired) electrons. The second kappa shape index (κ2) is 6.32. The summed E-state index contributed by atoms with van der Waals surface area (Å²) in [5.41, 5.74) is 0.299. The lowest BCUT2D eigenvalue weighted by molar-refractivity contribution is -0.153. The van der Waals surface area contributed by atoms with Crippen molar-refractivity contribution >= 4 is 29.3 Å². The van der Waals surface area contributed by atoms with Crippen LogP contribution in [-0.2, 0) is 21.4 Å². The summed E-state index contributed by atoms with van der Waals surface area (Å²) in [4.78, 5) is 26.2. The Bertz CT molecular complexity index is 565. The zero-order chi connectivity index (χ0) is 16.5. The fraction of sp³-hybridized carbons (Fsp3) is 0.667. The molecular formula is C15H23N3O3S. The van der Waals surface area contributed by atoms with Crippen molar-refractivity contribution in [2.75, 3.05) is 11.4 Å². The topological polar surface area (TPSA) is 64.4 Å². The molecule has 22 heavy (non-hydrogen) atoms. The number of rotatable bonds is 4. The maximum absolute atomic E-state index is 12.5. The van der Waals surface area contributed by atoms with Crippen molar-refractivity contribution in [3.8, 4) is 0 Å². The predicted octanol–water partition coefficient (Wildman–Crippen LogP) is 1.99. The van der Waals surface area contributed by atoms with Crippen LogP contribution in [-0.4, -0.2) is 44.3 Å². The van der Waals surface area contributed by atoms with Crippen LogP contribution >= 0.6 is 11.8 Å². The zero-order valence-electron chi connectivity index (χ0n) is 13.7. The average molecular weight is 325 g/mol. The Hall–Kier alpha value is -1.50. The molecule has 1 amide bonds. The van der Waals surface area contributed by atoms with Gasteiger partial charge in [0.25, 0.3) is 0 Å². The third-order valence-corrected chi connectivity index (χ3v) is 4.63. The number of hydrogen-bond donors (Lipinski definition) is 0. The van der Waals surface area contributed by atoms with Crippen LogP contribution in [0.15, 0.2) is 12.4 Å². The molecule has 0 saturated carbocycles. The van der Waals surface area contributed by atoms with E-state index in [2.05, 4.69) is 5.10 Å². The van der Waals surface area contributed by atoms with Gasteiger partial charge in [0.2, 0.25) is 5.91 Å². The van der Waals surface area contributed by atoms with Crippen LogP contribution < -0.4 is 4.90 Å². The smallest absolute Gasteiger partial charge is 0.319 e. The van der Waals surface area contributed by atoms with E-state index >= 15 is 0 Å². The normalized spacial score (nSPS) is 20.3. The van der Waals surface area contributed by atoms with Crippen LogP contribution in [0.3, 0.4) is 0 Å². The van der Waals surface area contributed by atoms with Gasteiger partial charge in [-0.25, -0.2) is 0 Å². The molecule has 0 spiro atoms. The Kier molecular flexibility index (Phi) is 4.84. The Balaban J connectivity index is 1.94. The molecule has 2 rings (SSSR count). The van der Waals surface area contributed by atoms with Crippen molar-refractivity contribution in [1.29, 1.82) is 0 Å². The summed E-state index contributed by atoms with van der Waals surface area (Å²) < 4.78 is 7.03. The highest BCUT2D eigenvalue weighted by Crippen LogP contribution is 2.31. The summed E-state index contributed by atoms with van der Waals surface area (Å²) in [5.74, 6) is -0.237. The van der Waals surface area contributed by atoms with E-state index in [1.54, 1.807) is 22.7 Å². The second-order valence-electron chi connectivity index (χ2n) is 6.45. The largest absolute Gasteiger partial charge is 0.459 e. The van der Waals surface area contributed by atoms with E-state index in [-0.39, 0.29) is 22.4 Å². The van der Waals surface area contributed by atoms with Gasteiger partial charge < -0.3 is 9.64 Å². The number of carbonyl (C=O) groups is 2. The van der Waals surface area contributed by atoms with Gasteiger partial charge in [0.1, 0.15) is 10.9 Å². The van der Waals surface area contributed by atoms with Gasteiger partial charge in [-0.05, 0) is 34.1 Å². The van der Waals surface area contributed by atoms with Crippen LogP contribution in [0.2, 0.25) is 0 Å². The molecule has 1 aromatic rings. The van der Waals surface area contributed by atoms with Gasteiger partial charge in [-0.2, -0.15) is 5.10 Å². The quantitative estimate of drug-likeness (QED) is 0.792. The summed E-state index contributed by atoms with van der Waals surface area (Å²) in [6.07, 6.45) is 4.23. The average Bonchev–Trinajstić information content (AvgIpc) is 2.95. The number of nitrogens with zero attached hydrogens (tertiary/aromatic N) is 3. The molecule has 1 aliphatic heterocycles. The molecule has 2 heterocycles. The van der Waals surface area contributed by atoms with Gasteiger partial charge in [-0.1, -0.05) is 0 Å². The van der Waals surface area contributed by atoms with Gasteiger partial charge in [0, 0.05) is 19.8 Å². The van der Waals surface area contributed by atoms with Crippen molar-refractivity contribution < 1.29 is 14.3 Å². The molecule has 1 fully saturated rings. The summed E-state index contributed by atoms with van der Waals surface area (Å²) >= 11 is 1.38. The van der Waals surface area contributed by atoms with E-state index in [9.17, 15) is 9.59 Å². The highest BCUT2D eigenvalue weighted by atomic mass is 32.2. The molecule has 2 atom stereocenters. The Morgan fingerprint density at radius 2 is 2.18 bits per heavy atom. The third kappa shape index (κ3) is 4.03. The van der Waals surface area contributed by atoms with Crippen molar-refractivity contribution in [2.24, 2.45) is 7.05 Å². The van der Waals surface area contributed by atoms with E-state index in [1.165, 1.54) is 11.8 Å². The Labute approximate surface area is 135 Å². The lowest BCUT2D eigenvalue weighted by atomic mass is 10.2. The van der Waals surface area contributed by atoms with Crippen molar-refractivity contribution in [3.05, 3.63) is 12.4 Å². The monoisotopic (exact) mass is 325 g/mol. The van der Waals surface area contributed by atoms with Gasteiger partial charge in [0.05, 0.1) is 17.1 Å². The molecule has 0 aliphatic carbocycles. The first-order valence-corrected chi connectivity index (χ1v) is 8.30. The lowest BCUT2D eigenvalue weighted by Gasteiger charge is -2.23. The number of esters is 1. The predicted molar refractivity (Wildman–Crippen MR) is 86.9 cm³/mol. The minimum atomic E-state index is -0.507. The summed E-state index contributed by atoms with van der Waals surface area (Å²) in [6.45, 7) is 7.97. The van der Waals surface area contributed by atoms with Crippen LogP contribution in [0, 0.1) is 0 Å². The van der Waals surface area contributed by atoms with E-state index < -0.39 is 5.60 Å². The second-order valence-corrected chi connectivity index (χ2v) is 8.00. The molecule has 1 aromatic heterocycles. The van der Waals surface area contributed by atoms with Crippen LogP contribution in [0.4, 0.5) is 5.69 Å². The van der Waals surface area contributed by atoms with Gasteiger partial charge in [-0.15, -0.1) is 11.8 Å². The standard InChI is InChI=1S/C15H23N3O3S/c1-10(14(20)21-15(2,3)4)22-12-6-7-18(13(12)19)11-8-16-17(5)9-11/h8-10,12H,6-7H2,1-5H3/t10-,12+/m0/s1. The number of thioether (sulfide) groups is 1. The number of aromatic nitrogens is 2. The molecular weight excluding hydrogens is 302 g/mol. The van der Waals surface area contributed by atoms with Gasteiger partial charge in [0.15, 0.2) is 0 Å². The zero-order valence-corrected chi connectivity index (χ0v) is 14.5. The molecule has 0 bridgehead atoms. The number of anilines is 1. The summed E-state index contributed by atoms with van der Waals surface area (Å²) in [7, 11) is 1.82. The maximum atomic E-state index is 12.5. The molecule has 6 nitrogen and oxygen atoms in total. The minimum Gasteiger partial charge on any atom is -0.459 e. The number of hydrogen-bond acceptors (Lipinski definition) is 5. The molecule has 0 unspecified atom stereocenters. The van der Waals surface area contributed by atoms with Crippen molar-refractivity contribution in [2.45, 2.75) is 50.2 Å². The van der Waals surface area contributed by atoms with Crippen molar-refractivity contribution in [3.63, 3.8) is 0 Å². The third-order valence-electron chi connectivity index (χ3n) is 3.27. The van der Waals surface area contributed by atoms with Crippen molar-refractivity contribution in [1.82, 2.24) is 9.78 Å². The van der Waals surface area contributed by atoms with E-state index in [0.717, 1.165) is 12.1 Å². The lowest BCUT2D eigenvalue weighted by Crippen LogP contribution is -2.32. The summed E-state index contributed by atoms with van der Waals surface area (Å²) in [6, 6.07) is 0. The Morgan fingerprint density at radius 3 is 2.73 bits per heavy atom. The van der Waals surface area contributed by atoms with Crippen LogP contribution in [0.1, 0.15) is 34.1 Å². The van der Waals surface area contributed by atoms with Gasteiger partial charge >= 0.3 is 5.97 Å². The molecule has 1 aliphatic rings. The number of carbonyl (C=O) groups excluding carboxylic acids is 2. The summed E-state index contributed by atoms with van der Waals surface area (Å²) in [5, 5.41) is 3.53. The molecule has 122 valence electrons. The fourth-order valence-electron chi connectivity index (χ4n) is 2.27. The van der Waals surface area contributed by atoms with Gasteiger partial charge in [-0.3, -0.25) is 14.3 Å². The van der Waals surface area contributed by atoms with Crippen LogP contribution in [0.5, 0.6) is 0 Å². The van der Waals surface area contributed by atoms with E-state index in [0.29, 0.717) is 6.54 Å². The van der Waals surface area contributed by atoms with Crippen LogP contribution in [0.25, 0.3) is 0 Å². The molecule has 0 N–H and O–H groups in total. The van der Waals surface area contributed by atoms with E-state index in [1.807, 2.05) is 34.0 Å². The first-order chi connectivity index (χ1) is 10.2. The fourth-order valence-corrected chi connectivity index (χ4v) is 3.41. The first-order valence-electron chi connectivity index (χ1n) is 7.36. The number of aryl methyl sites for hydroxylation is 1. The number of ether oxygens (including phenoxy) is 1. The first kappa shape index (κ1) is 16.9. The molecule has 7 heteroatoms. The molecule has 1 saturated heterocycles. The van der Waals surface area contributed by atoms with E-state index in [4.69, 9.17) is 4.74 Å². The number of amides is 1. The Morgan fingerprint density at radius 1 is 1.50 bits per heavy atom. The highest BCUT2D eigenvalue weighted by Gasteiger charge is 2.36. The molecule has 0 aromatic carbocycles. The SMILES string of the molecule is C[C@H](S[C@@H]1CCN(c2cnn(C)c2)C1=O)C(=O)OC(C)(C)C. The highest BCUT2D eigenvalue weighted by molar-refractivity contribution is 8.01.